The number of fused-ring (bicyclic) bond motifs is 1. The lowest BCUT2D eigenvalue weighted by Crippen LogP contribution is -2.24. The molecule has 0 bridgehead atoms. The number of rotatable bonds is 6. The van der Waals surface area contributed by atoms with Gasteiger partial charge in [-0.15, -0.1) is 5.10 Å². The maximum atomic E-state index is 5.78. The largest absolute Gasteiger partial charge is 0.406 e. The Morgan fingerprint density at radius 2 is 2.24 bits per heavy atom. The maximum Gasteiger partial charge on any atom is 0.323 e. The van der Waals surface area contributed by atoms with Crippen LogP contribution in [-0.4, -0.2) is 36.5 Å². The lowest BCUT2D eigenvalue weighted by Gasteiger charge is -2.19. The molecule has 6 nitrogen and oxygen atoms in total. The van der Waals surface area contributed by atoms with E-state index in [0.29, 0.717) is 31.1 Å². The van der Waals surface area contributed by atoms with E-state index in [1.807, 2.05) is 6.07 Å². The summed E-state index contributed by atoms with van der Waals surface area (Å²) in [6, 6.07) is 9.24. The van der Waals surface area contributed by atoms with Crippen molar-refractivity contribution in [3.05, 3.63) is 35.7 Å². The monoisotopic (exact) mass is 288 g/mol. The molecule has 0 spiro atoms. The molecule has 2 heterocycles. The zero-order valence-corrected chi connectivity index (χ0v) is 12.4. The van der Waals surface area contributed by atoms with E-state index in [-0.39, 0.29) is 0 Å². The molecule has 3 rings (SSSR count). The quantitative estimate of drug-likeness (QED) is 0.819. The number of nitrogens with one attached hydrogen (secondary N) is 1. The summed E-state index contributed by atoms with van der Waals surface area (Å²) in [6.07, 6.45) is 1.000. The Morgan fingerprint density at radius 1 is 1.38 bits per heavy atom. The summed E-state index contributed by atoms with van der Waals surface area (Å²) < 4.78 is 10.8. The molecule has 6 heteroatoms. The number of aromatic nitrogens is 2. The third kappa shape index (κ3) is 2.91. The van der Waals surface area contributed by atoms with Gasteiger partial charge in [0.25, 0.3) is 0 Å². The summed E-state index contributed by atoms with van der Waals surface area (Å²) in [5.74, 6) is 0.595. The van der Waals surface area contributed by atoms with Gasteiger partial charge in [-0.3, -0.25) is 4.90 Å². The molecule has 1 N–H and O–H groups in total. The molecule has 1 aromatic heterocycles. The van der Waals surface area contributed by atoms with Crippen molar-refractivity contribution < 1.29 is 9.15 Å². The van der Waals surface area contributed by atoms with Crippen molar-refractivity contribution >= 4 is 11.7 Å². The highest BCUT2D eigenvalue weighted by atomic mass is 16.5. The molecule has 0 fully saturated rings. The van der Waals surface area contributed by atoms with E-state index in [1.54, 1.807) is 7.11 Å². The highest BCUT2D eigenvalue weighted by Gasteiger charge is 2.30. The number of ether oxygens (including phenoxy) is 1. The molecule has 1 aliphatic rings. The topological polar surface area (TPSA) is 63.4 Å². The molecule has 21 heavy (non-hydrogen) atoms. The average Bonchev–Trinajstić information content (AvgIpc) is 3.06. The molecule has 0 saturated heterocycles. The fraction of sp³-hybridized carbons (Fsp3) is 0.467. The van der Waals surface area contributed by atoms with Crippen molar-refractivity contribution in [2.24, 2.45) is 0 Å². The van der Waals surface area contributed by atoms with Crippen LogP contribution in [0.15, 0.2) is 28.7 Å². The molecule has 0 amide bonds. The second-order valence-electron chi connectivity index (χ2n) is 5.20. The molecule has 112 valence electrons. The smallest absolute Gasteiger partial charge is 0.323 e. The fourth-order valence-electron chi connectivity index (χ4n) is 2.64. The molecular weight excluding hydrogens is 268 g/mol. The van der Waals surface area contributed by atoms with Crippen LogP contribution in [0.25, 0.3) is 0 Å². The summed E-state index contributed by atoms with van der Waals surface area (Å²) in [4.78, 5) is 2.11. The van der Waals surface area contributed by atoms with Gasteiger partial charge in [-0.2, -0.15) is 0 Å². The molecule has 1 atom stereocenters. The van der Waals surface area contributed by atoms with Gasteiger partial charge in [0.2, 0.25) is 5.89 Å². The summed E-state index contributed by atoms with van der Waals surface area (Å²) in [5, 5.41) is 11.5. The number of nitrogens with zero attached hydrogens (tertiary/aromatic N) is 3. The molecule has 0 saturated carbocycles. The fourth-order valence-corrected chi connectivity index (χ4v) is 2.64. The van der Waals surface area contributed by atoms with Crippen LogP contribution in [0.2, 0.25) is 0 Å². The number of anilines is 2. The third-order valence-electron chi connectivity index (χ3n) is 3.63. The molecule has 2 aromatic rings. The summed E-state index contributed by atoms with van der Waals surface area (Å²) >= 11 is 0. The molecule has 0 radical (unpaired) electrons. The zero-order valence-electron chi connectivity index (χ0n) is 12.4. The minimum absolute atomic E-state index is 0.331. The van der Waals surface area contributed by atoms with Crippen LogP contribution < -0.4 is 10.2 Å². The average molecular weight is 288 g/mol. The molecule has 1 aromatic carbocycles. The van der Waals surface area contributed by atoms with E-state index in [0.717, 1.165) is 18.7 Å². The Balaban J connectivity index is 1.71. The Hall–Kier alpha value is -1.92. The Labute approximate surface area is 124 Å². The first-order valence-electron chi connectivity index (χ1n) is 7.18. The second kappa shape index (κ2) is 6.24. The third-order valence-corrected chi connectivity index (χ3v) is 3.63. The predicted octanol–water partition coefficient (Wildman–Crippen LogP) is 1.89. The molecule has 1 aliphatic heterocycles. The second-order valence-corrected chi connectivity index (χ2v) is 5.20. The summed E-state index contributed by atoms with van der Waals surface area (Å²) in [7, 11) is 1.68. The van der Waals surface area contributed by atoms with Crippen LogP contribution in [0.1, 0.15) is 18.4 Å². The van der Waals surface area contributed by atoms with Crippen LogP contribution in [0.3, 0.4) is 0 Å². The minimum atomic E-state index is 0.331. The highest BCUT2D eigenvalue weighted by Crippen LogP contribution is 2.37. The minimum Gasteiger partial charge on any atom is -0.406 e. The first kappa shape index (κ1) is 14.0. The number of benzene rings is 1. The van der Waals surface area contributed by atoms with Gasteiger partial charge in [0.1, 0.15) is 0 Å². The normalized spacial score (nSPS) is 17.2. The lowest BCUT2D eigenvalue weighted by molar-refractivity contribution is 0.198. The van der Waals surface area contributed by atoms with Crippen molar-refractivity contribution in [1.82, 2.24) is 15.5 Å². The summed E-state index contributed by atoms with van der Waals surface area (Å²) in [6.45, 7) is 4.15. The molecule has 0 aliphatic carbocycles. The van der Waals surface area contributed by atoms with E-state index in [2.05, 4.69) is 45.5 Å². The Bertz CT molecular complexity index is 599. The van der Waals surface area contributed by atoms with Gasteiger partial charge in [-0.1, -0.05) is 23.3 Å². The van der Waals surface area contributed by atoms with Crippen LogP contribution in [-0.2, 0) is 17.7 Å². The van der Waals surface area contributed by atoms with Crippen molar-refractivity contribution in [2.75, 3.05) is 25.2 Å². The van der Waals surface area contributed by atoms with Crippen LogP contribution in [0.4, 0.5) is 11.7 Å². The van der Waals surface area contributed by atoms with Gasteiger partial charge in [-0.05, 0) is 25.0 Å². The van der Waals surface area contributed by atoms with E-state index in [4.69, 9.17) is 9.15 Å². The highest BCUT2D eigenvalue weighted by molar-refractivity contribution is 5.65. The number of para-hydroxylation sites is 1. The summed E-state index contributed by atoms with van der Waals surface area (Å²) in [5.41, 5.74) is 2.48. The van der Waals surface area contributed by atoms with E-state index in [9.17, 15) is 0 Å². The van der Waals surface area contributed by atoms with Gasteiger partial charge in [0.05, 0.1) is 13.2 Å². The van der Waals surface area contributed by atoms with E-state index in [1.165, 1.54) is 5.56 Å². The van der Waals surface area contributed by atoms with Crippen molar-refractivity contribution in [3.63, 3.8) is 0 Å². The SMILES string of the molecule is COCCNCc1nnc(N2c3ccccc3CC2C)o1. The first-order chi connectivity index (χ1) is 10.3. The standard InChI is InChI=1S/C15H20N4O2/c1-11-9-12-5-3-4-6-13(12)19(11)15-18-17-14(21-15)10-16-7-8-20-2/h3-6,11,16H,7-10H2,1-2H3. The van der Waals surface area contributed by atoms with Crippen LogP contribution >= 0.6 is 0 Å². The van der Waals surface area contributed by atoms with Gasteiger partial charge in [-0.25, -0.2) is 0 Å². The van der Waals surface area contributed by atoms with Gasteiger partial charge < -0.3 is 14.5 Å². The van der Waals surface area contributed by atoms with Gasteiger partial charge >= 0.3 is 6.01 Å². The van der Waals surface area contributed by atoms with Crippen LogP contribution in [0, 0.1) is 0 Å². The van der Waals surface area contributed by atoms with E-state index < -0.39 is 0 Å². The predicted molar refractivity (Wildman–Crippen MR) is 79.6 cm³/mol. The Morgan fingerprint density at radius 3 is 3.10 bits per heavy atom. The van der Waals surface area contributed by atoms with Crippen molar-refractivity contribution in [3.8, 4) is 0 Å². The lowest BCUT2D eigenvalue weighted by atomic mass is 10.1. The van der Waals surface area contributed by atoms with Crippen molar-refractivity contribution in [2.45, 2.75) is 25.9 Å². The maximum absolute atomic E-state index is 5.78. The van der Waals surface area contributed by atoms with Crippen LogP contribution in [0.5, 0.6) is 0 Å². The number of methoxy groups -OCH3 is 1. The molecule has 1 unspecified atom stereocenters. The zero-order chi connectivity index (χ0) is 14.7. The number of hydrogen-bond acceptors (Lipinski definition) is 6. The van der Waals surface area contributed by atoms with Gasteiger partial charge in [0.15, 0.2) is 0 Å². The molecular formula is C15H20N4O2. The number of hydrogen-bond donors (Lipinski definition) is 1. The Kier molecular flexibility index (Phi) is 4.17. The van der Waals surface area contributed by atoms with E-state index >= 15 is 0 Å². The van der Waals surface area contributed by atoms with Crippen molar-refractivity contribution in [1.29, 1.82) is 0 Å². The first-order valence-corrected chi connectivity index (χ1v) is 7.18. The van der Waals surface area contributed by atoms with Gasteiger partial charge in [0, 0.05) is 25.4 Å².